The predicted octanol–water partition coefficient (Wildman–Crippen LogP) is 5.48. The molecule has 33 heavy (non-hydrogen) atoms. The highest BCUT2D eigenvalue weighted by atomic mass is 31.2. The lowest BCUT2D eigenvalue weighted by Crippen LogP contribution is -2.15. The van der Waals surface area contributed by atoms with Gasteiger partial charge in [0.25, 0.3) is 0 Å². The van der Waals surface area contributed by atoms with Crippen LogP contribution in [-0.2, 0) is 13.6 Å². The molecule has 2 aliphatic rings. The third-order valence-electron chi connectivity index (χ3n) is 4.62. The summed E-state index contributed by atoms with van der Waals surface area (Å²) in [5.41, 5.74) is 1.57. The Morgan fingerprint density at radius 1 is 0.758 bits per heavy atom. The van der Waals surface area contributed by atoms with Crippen molar-refractivity contribution in [2.24, 2.45) is 0 Å². The summed E-state index contributed by atoms with van der Waals surface area (Å²) in [5.74, 6) is -0.862. The molecule has 3 aromatic rings. The molecule has 11 heteroatoms. The zero-order valence-electron chi connectivity index (χ0n) is 16.9. The molecule has 2 heterocycles. The van der Waals surface area contributed by atoms with Gasteiger partial charge in [0.15, 0.2) is 0 Å². The van der Waals surface area contributed by atoms with Gasteiger partial charge in [-0.15, -0.1) is 0 Å². The summed E-state index contributed by atoms with van der Waals surface area (Å²) >= 11 is 0. The second-order valence-corrected chi connectivity index (χ2v) is 8.82. The van der Waals surface area contributed by atoms with Crippen LogP contribution in [-0.4, -0.2) is 17.9 Å². The van der Waals surface area contributed by atoms with Crippen molar-refractivity contribution in [3.63, 3.8) is 0 Å². The second-order valence-electron chi connectivity index (χ2n) is 6.83. The fourth-order valence-electron chi connectivity index (χ4n) is 3.01. The third kappa shape index (κ3) is 4.33. The summed E-state index contributed by atoms with van der Waals surface area (Å²) < 4.78 is 32.2. The molecule has 0 amide bonds. The smallest absolute Gasteiger partial charge is 0.408 e. The molecule has 0 radical (unpaired) electrons. The molecule has 0 bridgehead atoms. The minimum absolute atomic E-state index is 0.180. The van der Waals surface area contributed by atoms with Gasteiger partial charge in [-0.3, -0.25) is 0 Å². The molecule has 0 saturated heterocycles. The van der Waals surface area contributed by atoms with Gasteiger partial charge in [-0.1, -0.05) is 24.3 Å². The van der Waals surface area contributed by atoms with Gasteiger partial charge in [-0.2, -0.15) is 0 Å². The van der Waals surface area contributed by atoms with Gasteiger partial charge in [-0.05, 0) is 55.0 Å². The summed E-state index contributed by atoms with van der Waals surface area (Å²) in [6, 6.07) is 17.6. The predicted molar refractivity (Wildman–Crippen MR) is 116 cm³/mol. The standard InChI is InChI=1S/C22H14O9P2/c1-13-5-4-7-17-19(13)28-32(31-22(17)25)26-15-11-9-14(10-12-15)20(23)29-33-27-18-8-3-2-6-16(18)21(24)30-33/h2-12H,1H3. The molecular formula is C22H14O9P2. The van der Waals surface area contributed by atoms with Crippen LogP contribution in [0.4, 0.5) is 0 Å². The fourth-order valence-corrected chi connectivity index (χ4v) is 4.94. The van der Waals surface area contributed by atoms with E-state index >= 15 is 0 Å². The molecule has 3 aromatic carbocycles. The van der Waals surface area contributed by atoms with Gasteiger partial charge in [0.1, 0.15) is 28.4 Å². The Labute approximate surface area is 190 Å². The zero-order valence-corrected chi connectivity index (χ0v) is 18.7. The number of para-hydroxylation sites is 2. The number of aryl methyl sites for hydroxylation is 1. The minimum atomic E-state index is -2.22. The number of carbonyl (C=O) groups is 3. The average molecular weight is 484 g/mol. The van der Waals surface area contributed by atoms with E-state index in [9.17, 15) is 14.4 Å². The Kier molecular flexibility index (Phi) is 5.58. The van der Waals surface area contributed by atoms with E-state index in [0.29, 0.717) is 17.1 Å². The lowest BCUT2D eigenvalue weighted by molar-refractivity contribution is 0.0606. The van der Waals surface area contributed by atoms with Crippen LogP contribution in [0.2, 0.25) is 0 Å². The SMILES string of the molecule is Cc1cccc2c1OP(Oc1ccc(C(=O)OP3OC(=O)c4ccccc4O3)cc1)OC2=O. The van der Waals surface area contributed by atoms with E-state index in [1.807, 2.05) is 13.0 Å². The fraction of sp³-hybridized carbons (Fsp3) is 0.0455. The number of fused-ring (bicyclic) bond motifs is 2. The van der Waals surface area contributed by atoms with Gasteiger partial charge in [-0.25, -0.2) is 14.4 Å². The lowest BCUT2D eigenvalue weighted by atomic mass is 10.1. The molecule has 0 saturated carbocycles. The Balaban J connectivity index is 1.22. The van der Waals surface area contributed by atoms with Crippen LogP contribution in [0.15, 0.2) is 66.7 Å². The highest BCUT2D eigenvalue weighted by molar-refractivity contribution is 7.43. The van der Waals surface area contributed by atoms with Gasteiger partial charge in [0, 0.05) is 0 Å². The zero-order chi connectivity index (χ0) is 22.9. The van der Waals surface area contributed by atoms with Crippen molar-refractivity contribution < 1.29 is 41.5 Å². The Morgan fingerprint density at radius 2 is 1.45 bits per heavy atom. The van der Waals surface area contributed by atoms with Gasteiger partial charge < -0.3 is 27.1 Å². The molecule has 0 fully saturated rings. The maximum atomic E-state index is 12.4. The normalized spacial score (nSPS) is 18.5. The quantitative estimate of drug-likeness (QED) is 0.445. The van der Waals surface area contributed by atoms with Crippen molar-refractivity contribution in [1.82, 2.24) is 0 Å². The first-order chi connectivity index (χ1) is 16.0. The Morgan fingerprint density at radius 3 is 2.27 bits per heavy atom. The van der Waals surface area contributed by atoms with Crippen LogP contribution < -0.4 is 13.6 Å². The Bertz CT molecular complexity index is 1260. The van der Waals surface area contributed by atoms with Crippen molar-refractivity contribution in [3.8, 4) is 17.2 Å². The van der Waals surface area contributed by atoms with Gasteiger partial charge >= 0.3 is 35.1 Å². The van der Waals surface area contributed by atoms with Crippen molar-refractivity contribution in [2.75, 3.05) is 0 Å². The highest BCUT2D eigenvalue weighted by Gasteiger charge is 2.35. The van der Waals surface area contributed by atoms with Crippen LogP contribution in [0.1, 0.15) is 36.6 Å². The number of hydrogen-bond donors (Lipinski definition) is 0. The molecule has 2 atom stereocenters. The van der Waals surface area contributed by atoms with Gasteiger partial charge in [0.2, 0.25) is 0 Å². The van der Waals surface area contributed by atoms with Crippen molar-refractivity contribution >= 4 is 35.1 Å². The number of benzene rings is 3. The Hall–Kier alpha value is -3.67. The highest BCUT2D eigenvalue weighted by Crippen LogP contribution is 2.49. The number of rotatable bonds is 4. The van der Waals surface area contributed by atoms with Crippen LogP contribution in [0.5, 0.6) is 17.2 Å². The van der Waals surface area contributed by atoms with Crippen LogP contribution >= 0.6 is 17.2 Å². The van der Waals surface area contributed by atoms with Crippen molar-refractivity contribution in [1.29, 1.82) is 0 Å². The largest absolute Gasteiger partial charge is 0.535 e. The first kappa shape index (κ1) is 21.2. The molecule has 166 valence electrons. The van der Waals surface area contributed by atoms with E-state index in [-0.39, 0.29) is 16.9 Å². The summed E-state index contributed by atoms with van der Waals surface area (Å²) in [5, 5.41) is 0. The van der Waals surface area contributed by atoms with E-state index in [0.717, 1.165) is 5.56 Å². The first-order valence-electron chi connectivity index (χ1n) is 9.58. The molecule has 0 aromatic heterocycles. The molecule has 9 nitrogen and oxygen atoms in total. The molecular weight excluding hydrogens is 470 g/mol. The number of hydrogen-bond acceptors (Lipinski definition) is 9. The van der Waals surface area contributed by atoms with E-state index in [1.165, 1.54) is 24.3 Å². The van der Waals surface area contributed by atoms with Crippen LogP contribution in [0.25, 0.3) is 0 Å². The third-order valence-corrected chi connectivity index (χ3v) is 6.60. The molecule has 0 aliphatic carbocycles. The first-order valence-corrected chi connectivity index (χ1v) is 11.8. The maximum Gasteiger partial charge on any atom is 0.535 e. The van der Waals surface area contributed by atoms with E-state index < -0.39 is 35.1 Å². The van der Waals surface area contributed by atoms with Crippen LogP contribution in [0.3, 0.4) is 0 Å². The minimum Gasteiger partial charge on any atom is -0.408 e. The summed E-state index contributed by atoms with van der Waals surface area (Å²) in [6.07, 6.45) is 0. The lowest BCUT2D eigenvalue weighted by Gasteiger charge is -2.23. The van der Waals surface area contributed by atoms with E-state index in [1.54, 1.807) is 36.4 Å². The van der Waals surface area contributed by atoms with Crippen molar-refractivity contribution in [3.05, 3.63) is 89.0 Å². The molecule has 0 spiro atoms. The molecule has 5 rings (SSSR count). The summed E-state index contributed by atoms with van der Waals surface area (Å²) in [4.78, 5) is 36.7. The summed E-state index contributed by atoms with van der Waals surface area (Å²) in [7, 11) is -4.22. The molecule has 2 aliphatic heterocycles. The topological polar surface area (TPSA) is 107 Å². The maximum absolute atomic E-state index is 12.4. The van der Waals surface area contributed by atoms with Crippen molar-refractivity contribution in [2.45, 2.75) is 6.92 Å². The molecule has 2 unspecified atom stereocenters. The van der Waals surface area contributed by atoms with E-state index in [2.05, 4.69) is 0 Å². The van der Waals surface area contributed by atoms with Gasteiger partial charge in [0.05, 0.1) is 5.56 Å². The summed E-state index contributed by atoms with van der Waals surface area (Å²) in [6.45, 7) is 1.82. The van der Waals surface area contributed by atoms with E-state index in [4.69, 9.17) is 27.1 Å². The second kappa shape index (κ2) is 8.70. The monoisotopic (exact) mass is 484 g/mol. The van der Waals surface area contributed by atoms with Crippen LogP contribution in [0, 0.1) is 6.92 Å². The average Bonchev–Trinajstić information content (AvgIpc) is 2.80. The number of carbonyl (C=O) groups excluding carboxylic acids is 3. The molecule has 0 N–H and O–H groups in total.